The van der Waals surface area contributed by atoms with Gasteiger partial charge < -0.3 is 10.6 Å². The predicted molar refractivity (Wildman–Crippen MR) is 96.1 cm³/mol. The van der Waals surface area contributed by atoms with Crippen molar-refractivity contribution in [2.75, 3.05) is 26.2 Å². The Labute approximate surface area is 152 Å². The molecule has 1 heterocycles. The Morgan fingerprint density at radius 3 is 2.46 bits per heavy atom. The first-order valence-electron chi connectivity index (χ1n) is 8.60. The molecule has 26 heavy (non-hydrogen) atoms. The third-order valence-corrected chi connectivity index (χ3v) is 5.81. The minimum atomic E-state index is -3.76. The number of non-ortho nitro benzene ring substituents is 1. The van der Waals surface area contributed by atoms with Crippen molar-refractivity contribution in [3.63, 3.8) is 0 Å². The van der Waals surface area contributed by atoms with Gasteiger partial charge >= 0.3 is 0 Å². The number of sulfonamides is 1. The molecule has 0 aromatic heterocycles. The number of rotatable bonds is 9. The Kier molecular flexibility index (Phi) is 7.49. The number of carbonyl (C=O) groups excluding carboxylic acids is 1. The summed E-state index contributed by atoms with van der Waals surface area (Å²) in [6.07, 6.45) is 3.46. The van der Waals surface area contributed by atoms with Crippen LogP contribution in [0, 0.1) is 16.0 Å². The summed E-state index contributed by atoms with van der Waals surface area (Å²) in [5, 5.41) is 16.6. The number of benzene rings is 1. The van der Waals surface area contributed by atoms with Gasteiger partial charge in [0.15, 0.2) is 0 Å². The highest BCUT2D eigenvalue weighted by molar-refractivity contribution is 7.89. The van der Waals surface area contributed by atoms with Crippen molar-refractivity contribution in [2.24, 2.45) is 5.92 Å². The maximum absolute atomic E-state index is 12.1. The summed E-state index contributed by atoms with van der Waals surface area (Å²) in [6.45, 7) is 2.24. The van der Waals surface area contributed by atoms with E-state index in [1.807, 2.05) is 0 Å². The highest BCUT2D eigenvalue weighted by atomic mass is 32.2. The summed E-state index contributed by atoms with van der Waals surface area (Å²) in [5.74, 6) is 0.487. The van der Waals surface area contributed by atoms with Crippen LogP contribution in [0.1, 0.15) is 25.7 Å². The predicted octanol–water partition coefficient (Wildman–Crippen LogP) is 0.769. The monoisotopic (exact) mass is 384 g/mol. The van der Waals surface area contributed by atoms with E-state index in [9.17, 15) is 23.3 Å². The zero-order valence-electron chi connectivity index (χ0n) is 14.4. The van der Waals surface area contributed by atoms with Crippen molar-refractivity contribution in [2.45, 2.75) is 30.6 Å². The molecule has 0 atom stereocenters. The molecule has 3 N–H and O–H groups in total. The van der Waals surface area contributed by atoms with Gasteiger partial charge in [-0.05, 0) is 50.4 Å². The van der Waals surface area contributed by atoms with Crippen molar-refractivity contribution in [1.29, 1.82) is 0 Å². The van der Waals surface area contributed by atoms with Crippen LogP contribution in [0.4, 0.5) is 5.69 Å². The standard InChI is InChI=1S/C16H24N4O5S/c21-16(6-1-13-7-9-17-10-8-13)18-11-12-19-26(24,25)15-4-2-14(3-5-15)20(22)23/h2-5,13,17,19H,1,6-12H2,(H,18,21). The minimum absolute atomic E-state index is 0.0540. The number of hydrogen-bond donors (Lipinski definition) is 3. The number of nitro benzene ring substituents is 1. The number of nitro groups is 1. The summed E-state index contributed by atoms with van der Waals surface area (Å²) in [5.41, 5.74) is -0.176. The lowest BCUT2D eigenvalue weighted by molar-refractivity contribution is -0.384. The molecular formula is C16H24N4O5S. The number of piperidine rings is 1. The maximum Gasteiger partial charge on any atom is 0.269 e. The van der Waals surface area contributed by atoms with Crippen molar-refractivity contribution < 1.29 is 18.1 Å². The Morgan fingerprint density at radius 2 is 1.85 bits per heavy atom. The summed E-state index contributed by atoms with van der Waals surface area (Å²) in [4.78, 5) is 21.8. The Balaban J connectivity index is 1.69. The molecule has 0 unspecified atom stereocenters. The highest BCUT2D eigenvalue weighted by Crippen LogP contribution is 2.17. The number of carbonyl (C=O) groups is 1. The van der Waals surface area contributed by atoms with E-state index in [1.54, 1.807) is 0 Å². The first-order chi connectivity index (χ1) is 12.4. The van der Waals surface area contributed by atoms with Gasteiger partial charge in [-0.3, -0.25) is 14.9 Å². The van der Waals surface area contributed by atoms with E-state index >= 15 is 0 Å². The molecule has 1 aliphatic rings. The van der Waals surface area contributed by atoms with Crippen LogP contribution in [0.5, 0.6) is 0 Å². The molecule has 0 saturated carbocycles. The molecule has 1 saturated heterocycles. The van der Waals surface area contributed by atoms with Crippen LogP contribution < -0.4 is 15.4 Å². The molecule has 0 aliphatic carbocycles. The van der Waals surface area contributed by atoms with Crippen LogP contribution in [-0.2, 0) is 14.8 Å². The Hall–Kier alpha value is -2.04. The molecule has 1 amide bonds. The first-order valence-corrected chi connectivity index (χ1v) is 10.1. The fraction of sp³-hybridized carbons (Fsp3) is 0.562. The van der Waals surface area contributed by atoms with E-state index in [0.717, 1.165) is 44.5 Å². The summed E-state index contributed by atoms with van der Waals surface area (Å²) in [6, 6.07) is 4.63. The van der Waals surface area contributed by atoms with E-state index in [2.05, 4.69) is 15.4 Å². The lowest BCUT2D eigenvalue weighted by Gasteiger charge is -2.22. The largest absolute Gasteiger partial charge is 0.355 e. The van der Waals surface area contributed by atoms with Gasteiger partial charge in [-0.1, -0.05) is 0 Å². The topological polar surface area (TPSA) is 130 Å². The van der Waals surface area contributed by atoms with E-state index in [-0.39, 0.29) is 29.6 Å². The molecule has 2 rings (SSSR count). The lowest BCUT2D eigenvalue weighted by atomic mass is 9.93. The second kappa shape index (κ2) is 9.60. The quantitative estimate of drug-likeness (QED) is 0.327. The SMILES string of the molecule is O=C(CCC1CCNCC1)NCCNS(=O)(=O)c1ccc([N+](=O)[O-])cc1. The van der Waals surface area contributed by atoms with Crippen LogP contribution in [0.2, 0.25) is 0 Å². The molecule has 10 heteroatoms. The molecule has 0 spiro atoms. The van der Waals surface area contributed by atoms with Gasteiger partial charge in [0.2, 0.25) is 15.9 Å². The van der Waals surface area contributed by atoms with Crippen LogP contribution in [-0.4, -0.2) is 45.4 Å². The van der Waals surface area contributed by atoms with E-state index < -0.39 is 14.9 Å². The van der Waals surface area contributed by atoms with Gasteiger partial charge in [-0.25, -0.2) is 13.1 Å². The molecule has 1 aliphatic heterocycles. The zero-order chi connectivity index (χ0) is 19.0. The number of hydrogen-bond acceptors (Lipinski definition) is 6. The molecule has 0 radical (unpaired) electrons. The summed E-state index contributed by atoms with van der Waals surface area (Å²) < 4.78 is 26.5. The first kappa shape index (κ1) is 20.3. The molecule has 0 bridgehead atoms. The normalized spacial score (nSPS) is 15.5. The van der Waals surface area contributed by atoms with Crippen LogP contribution >= 0.6 is 0 Å². The van der Waals surface area contributed by atoms with Crippen molar-refractivity contribution in [3.8, 4) is 0 Å². The van der Waals surface area contributed by atoms with Crippen LogP contribution in [0.25, 0.3) is 0 Å². The van der Waals surface area contributed by atoms with E-state index in [4.69, 9.17) is 0 Å². The van der Waals surface area contributed by atoms with Crippen molar-refractivity contribution in [3.05, 3.63) is 34.4 Å². The van der Waals surface area contributed by atoms with Crippen molar-refractivity contribution >= 4 is 21.6 Å². The van der Waals surface area contributed by atoms with Crippen LogP contribution in [0.3, 0.4) is 0 Å². The minimum Gasteiger partial charge on any atom is -0.355 e. The van der Waals surface area contributed by atoms with E-state index in [1.165, 1.54) is 12.1 Å². The fourth-order valence-corrected chi connectivity index (χ4v) is 3.84. The molecule has 1 fully saturated rings. The van der Waals surface area contributed by atoms with Gasteiger partial charge in [0.25, 0.3) is 5.69 Å². The molecule has 9 nitrogen and oxygen atoms in total. The third kappa shape index (κ3) is 6.36. The molecule has 144 valence electrons. The van der Waals surface area contributed by atoms with Gasteiger partial charge in [-0.2, -0.15) is 0 Å². The number of amides is 1. The Morgan fingerprint density at radius 1 is 1.19 bits per heavy atom. The second-order valence-electron chi connectivity index (χ2n) is 6.23. The number of nitrogens with zero attached hydrogens (tertiary/aromatic N) is 1. The maximum atomic E-state index is 12.1. The van der Waals surface area contributed by atoms with Gasteiger partial charge in [-0.15, -0.1) is 0 Å². The highest BCUT2D eigenvalue weighted by Gasteiger charge is 2.16. The van der Waals surface area contributed by atoms with Gasteiger partial charge in [0.1, 0.15) is 0 Å². The zero-order valence-corrected chi connectivity index (χ0v) is 15.3. The molecular weight excluding hydrogens is 360 g/mol. The number of nitrogens with one attached hydrogen (secondary N) is 3. The molecule has 1 aromatic rings. The smallest absolute Gasteiger partial charge is 0.269 e. The molecule has 1 aromatic carbocycles. The average molecular weight is 384 g/mol. The van der Waals surface area contributed by atoms with Gasteiger partial charge in [0, 0.05) is 31.6 Å². The average Bonchev–Trinajstić information content (AvgIpc) is 2.64. The van der Waals surface area contributed by atoms with Crippen LogP contribution in [0.15, 0.2) is 29.2 Å². The van der Waals surface area contributed by atoms with Crippen molar-refractivity contribution in [1.82, 2.24) is 15.4 Å². The van der Waals surface area contributed by atoms with E-state index in [0.29, 0.717) is 12.3 Å². The Bertz CT molecular complexity index is 715. The van der Waals surface area contributed by atoms with Gasteiger partial charge in [0.05, 0.1) is 9.82 Å². The lowest BCUT2D eigenvalue weighted by Crippen LogP contribution is -2.35. The fourth-order valence-electron chi connectivity index (χ4n) is 2.81. The summed E-state index contributed by atoms with van der Waals surface area (Å²) >= 11 is 0. The second-order valence-corrected chi connectivity index (χ2v) is 8.00. The summed E-state index contributed by atoms with van der Waals surface area (Å²) in [7, 11) is -3.76. The third-order valence-electron chi connectivity index (χ3n) is 4.34.